The molecule has 2 fully saturated rings. The molecule has 228 valence electrons. The molecule has 2 aliphatic heterocycles. The molecule has 44 heavy (non-hydrogen) atoms. The Hall–Kier alpha value is -4.50. The zero-order chi connectivity index (χ0) is 30.2. The Morgan fingerprint density at radius 1 is 1.02 bits per heavy atom. The predicted octanol–water partition coefficient (Wildman–Crippen LogP) is 1.61. The first-order valence-corrected chi connectivity index (χ1v) is 14.9. The Labute approximate surface area is 253 Å². The molecule has 2 aromatic carbocycles. The number of hydrogen-bond donors (Lipinski definition) is 4. The third kappa shape index (κ3) is 5.26. The van der Waals surface area contributed by atoms with Crippen LogP contribution in [0.2, 0.25) is 0 Å². The summed E-state index contributed by atoms with van der Waals surface area (Å²) in [4.78, 5) is 17.9. The molecule has 2 saturated heterocycles. The molecule has 3 aromatic heterocycles. The fraction of sp³-hybridized carbons (Fsp3) is 0.400. The van der Waals surface area contributed by atoms with Gasteiger partial charge >= 0.3 is 0 Å². The number of benzene rings is 2. The zero-order valence-corrected chi connectivity index (χ0v) is 24.3. The van der Waals surface area contributed by atoms with Crippen molar-refractivity contribution in [2.24, 2.45) is 5.73 Å². The van der Waals surface area contributed by atoms with Crippen LogP contribution in [0.4, 0.5) is 11.8 Å². The second-order valence-corrected chi connectivity index (χ2v) is 11.2. The normalized spacial score (nSPS) is 23.7. The van der Waals surface area contributed by atoms with E-state index in [9.17, 15) is 10.2 Å². The number of nitrogens with zero attached hydrogens (tertiary/aromatic N) is 9. The van der Waals surface area contributed by atoms with Gasteiger partial charge in [0.05, 0.1) is 12.9 Å². The summed E-state index contributed by atoms with van der Waals surface area (Å²) >= 11 is 0. The summed E-state index contributed by atoms with van der Waals surface area (Å²) in [5, 5.41) is 37.8. The molecule has 0 unspecified atom stereocenters. The number of rotatable bonds is 9. The second-order valence-electron chi connectivity index (χ2n) is 11.2. The number of aliphatic hydroxyl groups is 2. The first kappa shape index (κ1) is 28.3. The number of hydrogen-bond acceptors (Lipinski definition) is 12. The van der Waals surface area contributed by atoms with E-state index in [0.717, 1.165) is 13.0 Å². The highest BCUT2D eigenvalue weighted by atomic mass is 16.6. The van der Waals surface area contributed by atoms with Gasteiger partial charge in [-0.15, -0.1) is 10.2 Å². The number of nitrogens with one attached hydrogen (secondary N) is 1. The van der Waals surface area contributed by atoms with Crippen LogP contribution in [0.5, 0.6) is 0 Å². The zero-order valence-electron chi connectivity index (χ0n) is 24.3. The lowest BCUT2D eigenvalue weighted by Crippen LogP contribution is -2.30. The van der Waals surface area contributed by atoms with Crippen LogP contribution in [-0.2, 0) is 11.3 Å². The largest absolute Gasteiger partial charge is 0.387 e. The van der Waals surface area contributed by atoms with E-state index in [1.165, 1.54) is 15.9 Å². The highest BCUT2D eigenvalue weighted by Crippen LogP contribution is 2.39. The number of aromatic nitrogens is 8. The van der Waals surface area contributed by atoms with E-state index in [-0.39, 0.29) is 17.8 Å². The molecule has 5 aromatic rings. The molecule has 14 heteroatoms. The second kappa shape index (κ2) is 11.9. The van der Waals surface area contributed by atoms with Crippen LogP contribution in [0.3, 0.4) is 0 Å². The van der Waals surface area contributed by atoms with Crippen LogP contribution in [0.1, 0.15) is 48.5 Å². The van der Waals surface area contributed by atoms with Crippen molar-refractivity contribution in [3.05, 3.63) is 83.9 Å². The van der Waals surface area contributed by atoms with Crippen molar-refractivity contribution in [3.63, 3.8) is 0 Å². The first-order valence-electron chi connectivity index (χ1n) is 14.9. The summed E-state index contributed by atoms with van der Waals surface area (Å²) in [6.07, 6.45) is -2.15. The van der Waals surface area contributed by atoms with E-state index in [1.807, 2.05) is 43.3 Å². The molecule has 5 heterocycles. The van der Waals surface area contributed by atoms with E-state index < -0.39 is 24.5 Å². The Balaban J connectivity index is 1.25. The number of nitrogens with two attached hydrogens (primary N) is 1. The molecule has 7 rings (SSSR count). The Morgan fingerprint density at radius 2 is 1.75 bits per heavy atom. The van der Waals surface area contributed by atoms with Crippen LogP contribution in [0.15, 0.2) is 67.0 Å². The molecule has 5 atom stereocenters. The van der Waals surface area contributed by atoms with E-state index in [4.69, 9.17) is 20.4 Å². The standard InChI is InChI=1S/C30H35N11O3/c1-2-41-37-27(36-38-41)25-23(42)24(43)29(44-25)40-17-33-22-26(34-30(35-28(22)40)39-14-13-20(31)16-39)32-15-21(18-9-5-3-6-10-18)19-11-7-4-8-12-19/h3-12,17,20-21,23-25,29,42-43H,2,13-16,31H2,1H3,(H,32,34,35)/t20-,23+,24-,25+,29-/m1/s1. The average Bonchev–Trinajstić information content (AvgIpc) is 3.86. The lowest BCUT2D eigenvalue weighted by atomic mass is 9.91. The van der Waals surface area contributed by atoms with Crippen molar-refractivity contribution in [1.29, 1.82) is 0 Å². The Kier molecular flexibility index (Phi) is 7.64. The highest BCUT2D eigenvalue weighted by Gasteiger charge is 2.47. The van der Waals surface area contributed by atoms with Crippen LogP contribution < -0.4 is 16.0 Å². The molecule has 0 radical (unpaired) electrons. The van der Waals surface area contributed by atoms with E-state index >= 15 is 0 Å². The van der Waals surface area contributed by atoms with Gasteiger partial charge in [0.1, 0.15) is 12.2 Å². The van der Waals surface area contributed by atoms with Crippen LogP contribution in [-0.4, -0.2) is 87.8 Å². The average molecular weight is 598 g/mol. The molecule has 0 amide bonds. The van der Waals surface area contributed by atoms with Crippen molar-refractivity contribution in [1.82, 2.24) is 39.7 Å². The monoisotopic (exact) mass is 597 g/mol. The Morgan fingerprint density at radius 3 is 2.39 bits per heavy atom. The SMILES string of the molecule is CCn1nnc([C@H]2O[C@@H](n3cnc4c(NCC(c5ccccc5)c5ccccc5)nc(N5CC[C@@H](N)C5)nc43)[C@H](O)[C@@H]2O)n1. The molecular formula is C30H35N11O3. The molecule has 0 saturated carbocycles. The van der Waals surface area contributed by atoms with Gasteiger partial charge in [-0.2, -0.15) is 14.8 Å². The van der Waals surface area contributed by atoms with Gasteiger partial charge in [-0.3, -0.25) is 4.57 Å². The third-order valence-electron chi connectivity index (χ3n) is 8.31. The lowest BCUT2D eigenvalue weighted by Gasteiger charge is -2.21. The number of fused-ring (bicyclic) bond motifs is 1. The van der Waals surface area contributed by atoms with E-state index in [2.05, 4.69) is 54.9 Å². The van der Waals surface area contributed by atoms with Gasteiger partial charge in [-0.05, 0) is 29.7 Å². The highest BCUT2D eigenvalue weighted by molar-refractivity contribution is 5.84. The summed E-state index contributed by atoms with van der Waals surface area (Å²) in [6.45, 7) is 4.29. The smallest absolute Gasteiger partial charge is 0.229 e. The maximum atomic E-state index is 11.1. The van der Waals surface area contributed by atoms with Crippen molar-refractivity contribution in [3.8, 4) is 0 Å². The quantitative estimate of drug-likeness (QED) is 0.193. The number of anilines is 2. The first-order chi connectivity index (χ1) is 21.5. The van der Waals surface area contributed by atoms with Gasteiger partial charge in [-0.25, -0.2) is 4.98 Å². The van der Waals surface area contributed by atoms with Gasteiger partial charge in [0.2, 0.25) is 11.8 Å². The molecule has 2 aliphatic rings. The molecule has 0 bridgehead atoms. The number of aryl methyl sites for hydroxylation is 1. The van der Waals surface area contributed by atoms with Gasteiger partial charge in [0.25, 0.3) is 0 Å². The fourth-order valence-electron chi connectivity index (χ4n) is 5.93. The summed E-state index contributed by atoms with van der Waals surface area (Å²) in [5.41, 5.74) is 9.55. The van der Waals surface area contributed by atoms with Crippen LogP contribution in [0, 0.1) is 0 Å². The maximum absolute atomic E-state index is 11.1. The minimum Gasteiger partial charge on any atom is -0.387 e. The van der Waals surface area contributed by atoms with E-state index in [0.29, 0.717) is 42.6 Å². The Bertz CT molecular complexity index is 1670. The maximum Gasteiger partial charge on any atom is 0.229 e. The summed E-state index contributed by atoms with van der Waals surface area (Å²) in [5.74, 6) is 1.30. The number of imidazole rings is 1. The van der Waals surface area contributed by atoms with Gasteiger partial charge < -0.3 is 30.9 Å². The molecule has 0 aliphatic carbocycles. The molecule has 14 nitrogen and oxygen atoms in total. The molecule has 5 N–H and O–H groups in total. The van der Waals surface area contributed by atoms with Crippen molar-refractivity contribution in [2.45, 2.75) is 56.4 Å². The number of aliphatic hydroxyl groups excluding tert-OH is 2. The van der Waals surface area contributed by atoms with Gasteiger partial charge in [0, 0.05) is 31.6 Å². The van der Waals surface area contributed by atoms with Crippen LogP contribution in [0.25, 0.3) is 11.2 Å². The summed E-state index contributed by atoms with van der Waals surface area (Å²) < 4.78 is 7.78. The van der Waals surface area contributed by atoms with Gasteiger partial charge in [0.15, 0.2) is 29.3 Å². The van der Waals surface area contributed by atoms with Crippen LogP contribution >= 0.6 is 0 Å². The van der Waals surface area contributed by atoms with Crippen molar-refractivity contribution < 1.29 is 14.9 Å². The summed E-state index contributed by atoms with van der Waals surface area (Å²) in [6, 6.07) is 20.7. The topological polar surface area (TPSA) is 178 Å². The lowest BCUT2D eigenvalue weighted by molar-refractivity contribution is -0.0384. The molecular weight excluding hydrogens is 562 g/mol. The van der Waals surface area contributed by atoms with E-state index in [1.54, 1.807) is 10.9 Å². The number of tetrazole rings is 1. The van der Waals surface area contributed by atoms with Crippen molar-refractivity contribution in [2.75, 3.05) is 29.9 Å². The van der Waals surface area contributed by atoms with Gasteiger partial charge in [-0.1, -0.05) is 60.7 Å². The fourth-order valence-corrected chi connectivity index (χ4v) is 5.93. The van der Waals surface area contributed by atoms with Crippen molar-refractivity contribution >= 4 is 22.9 Å². The minimum absolute atomic E-state index is 0.0242. The third-order valence-corrected chi connectivity index (χ3v) is 8.31. The summed E-state index contributed by atoms with van der Waals surface area (Å²) in [7, 11) is 0. The number of ether oxygens (including phenoxy) is 1. The molecule has 0 spiro atoms. The predicted molar refractivity (Wildman–Crippen MR) is 162 cm³/mol. The minimum atomic E-state index is -1.29.